The number of nitrogens with zero attached hydrogens (tertiary/aromatic N) is 3. The molecule has 12 heteroatoms. The lowest BCUT2D eigenvalue weighted by Crippen LogP contribution is -2.54. The molecule has 234 valence electrons. The third kappa shape index (κ3) is 5.09. The number of hydrogen-bond donors (Lipinski definition) is 1. The van der Waals surface area contributed by atoms with E-state index in [9.17, 15) is 8.42 Å². The zero-order valence-corrected chi connectivity index (χ0v) is 26.5. The first kappa shape index (κ1) is 30.8. The fraction of sp³-hybridized carbons (Fsp3) is 0.273. The van der Waals surface area contributed by atoms with Crippen LogP contribution in [0.4, 0.5) is 5.69 Å². The number of methoxy groups -OCH3 is 2. The molecular weight excluding hydrogens is 616 g/mol. The number of carbonyl (C=O) groups is 1. The quantitative estimate of drug-likeness (QED) is 0.168. The van der Waals surface area contributed by atoms with E-state index in [2.05, 4.69) is 16.9 Å². The van der Waals surface area contributed by atoms with Gasteiger partial charge in [-0.05, 0) is 73.0 Å². The molecule has 4 aromatic rings. The number of anilines is 1. The van der Waals surface area contributed by atoms with Gasteiger partial charge < -0.3 is 19.2 Å². The number of rotatable bonds is 11. The predicted octanol–water partition coefficient (Wildman–Crippen LogP) is 5.44. The molecule has 3 aromatic carbocycles. The number of carbonyl (C=O) groups excluding carboxylic acids is 1. The van der Waals surface area contributed by atoms with Crippen LogP contribution in [0.15, 0.2) is 95.1 Å². The number of likely N-dealkylation sites (tertiary alicyclic amines) is 1. The first-order valence-electron chi connectivity index (χ1n) is 14.5. The zero-order chi connectivity index (χ0) is 31.8. The van der Waals surface area contributed by atoms with Gasteiger partial charge >= 0.3 is 0 Å². The van der Waals surface area contributed by atoms with Crippen molar-refractivity contribution < 1.29 is 27.1 Å². The monoisotopic (exact) mass is 648 g/mol. The average Bonchev–Trinajstić information content (AvgIpc) is 3.80. The van der Waals surface area contributed by atoms with Crippen LogP contribution in [0, 0.1) is 0 Å². The average molecular weight is 649 g/mol. The van der Waals surface area contributed by atoms with Crippen LogP contribution in [0.2, 0.25) is 5.02 Å². The van der Waals surface area contributed by atoms with Crippen LogP contribution >= 0.6 is 11.6 Å². The predicted molar refractivity (Wildman–Crippen MR) is 170 cm³/mol. The zero-order valence-electron chi connectivity index (χ0n) is 24.9. The lowest BCUT2D eigenvalue weighted by atomic mass is 9.80. The Hall–Kier alpha value is -4.16. The summed E-state index contributed by atoms with van der Waals surface area (Å²) in [6, 6.07) is 15.9. The first-order chi connectivity index (χ1) is 21.8. The fourth-order valence-corrected chi connectivity index (χ4v) is 8.05. The van der Waals surface area contributed by atoms with Crippen molar-refractivity contribution in [3.05, 3.63) is 113 Å². The van der Waals surface area contributed by atoms with E-state index in [1.165, 1.54) is 32.6 Å². The minimum Gasteiger partial charge on any atom is -0.497 e. The molecule has 45 heavy (non-hydrogen) atoms. The third-order valence-electron chi connectivity index (χ3n) is 8.35. The van der Waals surface area contributed by atoms with Crippen molar-refractivity contribution in [3.8, 4) is 11.5 Å². The smallest absolute Gasteiger partial charge is 0.271 e. The Bertz CT molecular complexity index is 1830. The molecule has 1 aromatic heterocycles. The van der Waals surface area contributed by atoms with Gasteiger partial charge in [-0.25, -0.2) is 17.7 Å². The summed E-state index contributed by atoms with van der Waals surface area (Å²) in [5, 5.41) is 3.65. The molecular formula is C33H33ClN4O6S. The third-order valence-corrected chi connectivity index (χ3v) is 10.3. The maximum Gasteiger partial charge on any atom is 0.271 e. The first-order valence-corrected chi connectivity index (χ1v) is 16.3. The fourth-order valence-electron chi connectivity index (χ4n) is 6.42. The minimum absolute atomic E-state index is 0.0617. The summed E-state index contributed by atoms with van der Waals surface area (Å²) < 4.78 is 46.7. The topological polar surface area (TPSA) is 114 Å². The largest absolute Gasteiger partial charge is 0.497 e. The van der Waals surface area contributed by atoms with Crippen LogP contribution in [0.1, 0.15) is 41.5 Å². The molecule has 1 unspecified atom stereocenters. The van der Waals surface area contributed by atoms with Gasteiger partial charge in [-0.15, -0.1) is 6.58 Å². The lowest BCUT2D eigenvalue weighted by Gasteiger charge is -2.41. The van der Waals surface area contributed by atoms with E-state index in [4.69, 9.17) is 25.5 Å². The van der Waals surface area contributed by atoms with Crippen molar-refractivity contribution >= 4 is 33.2 Å². The van der Waals surface area contributed by atoms with Gasteiger partial charge in [-0.1, -0.05) is 23.7 Å². The molecule has 2 atom stereocenters. The van der Waals surface area contributed by atoms with E-state index >= 15 is 4.79 Å². The Morgan fingerprint density at radius 3 is 2.60 bits per heavy atom. The molecule has 10 nitrogen and oxygen atoms in total. The number of oxazole rings is 1. The second-order valence-electron chi connectivity index (χ2n) is 10.8. The van der Waals surface area contributed by atoms with Crippen LogP contribution < -0.4 is 19.1 Å². The van der Waals surface area contributed by atoms with E-state index in [1.807, 2.05) is 17.0 Å². The highest BCUT2D eigenvalue weighted by Crippen LogP contribution is 2.56. The Balaban J connectivity index is 1.64. The summed E-state index contributed by atoms with van der Waals surface area (Å²) in [7, 11) is -1.38. The van der Waals surface area contributed by atoms with Crippen LogP contribution in [0.25, 0.3) is 0 Å². The van der Waals surface area contributed by atoms with Gasteiger partial charge in [0.1, 0.15) is 17.8 Å². The van der Waals surface area contributed by atoms with Gasteiger partial charge in [0.15, 0.2) is 5.54 Å². The number of hydrogen-bond acceptors (Lipinski definition) is 9. The van der Waals surface area contributed by atoms with Crippen molar-refractivity contribution in [1.29, 1.82) is 0 Å². The van der Waals surface area contributed by atoms with Crippen molar-refractivity contribution in [2.24, 2.45) is 0 Å². The van der Waals surface area contributed by atoms with E-state index in [0.29, 0.717) is 66.0 Å². The molecule has 1 amide bonds. The number of fused-ring (bicyclic) bond motifs is 1. The molecule has 2 aliphatic rings. The maximum absolute atomic E-state index is 15.4. The highest BCUT2D eigenvalue weighted by Gasteiger charge is 2.62. The number of amides is 1. The van der Waals surface area contributed by atoms with E-state index in [1.54, 1.807) is 48.7 Å². The second kappa shape index (κ2) is 12.3. The summed E-state index contributed by atoms with van der Waals surface area (Å²) in [4.78, 5) is 21.8. The molecule has 0 saturated carbocycles. The molecule has 2 aliphatic heterocycles. The van der Waals surface area contributed by atoms with Crippen molar-refractivity contribution in [2.75, 3.05) is 31.6 Å². The molecule has 0 aliphatic carbocycles. The standard InChI is InChI=1S/C33H33ClN4O6S/c1-4-15-35-21-22-7-14-30(43-3)27(19-22)33(37-17-5-6-29(37)31-36-16-18-44-31)26-20-23(34)8-13-28(26)38(32(33)39)45(40,41)25-11-9-24(42-2)10-12-25/h4,7-14,16,18-20,29,35H,1,5-6,15,17,21H2,2-3H3/t29-,33?/m0/s1. The maximum atomic E-state index is 15.4. The Kier molecular flexibility index (Phi) is 8.45. The van der Waals surface area contributed by atoms with Crippen LogP contribution in [0.5, 0.6) is 11.5 Å². The normalized spacial score (nSPS) is 19.9. The second-order valence-corrected chi connectivity index (χ2v) is 13.0. The molecule has 6 rings (SSSR count). The summed E-state index contributed by atoms with van der Waals surface area (Å²) in [6.07, 6.45) is 6.17. The number of aromatic nitrogens is 1. The van der Waals surface area contributed by atoms with Gasteiger partial charge in [0.2, 0.25) is 5.89 Å². The highest BCUT2D eigenvalue weighted by molar-refractivity contribution is 7.93. The molecule has 0 radical (unpaired) electrons. The lowest BCUT2D eigenvalue weighted by molar-refractivity contribution is -0.127. The summed E-state index contributed by atoms with van der Waals surface area (Å²) in [5.74, 6) is 0.662. The van der Waals surface area contributed by atoms with Gasteiger partial charge in [-0.2, -0.15) is 0 Å². The number of benzene rings is 3. The van der Waals surface area contributed by atoms with E-state index < -0.39 is 27.5 Å². The molecule has 1 fully saturated rings. The van der Waals surface area contributed by atoms with Crippen LogP contribution in [-0.2, 0) is 26.9 Å². The molecule has 1 N–H and O–H groups in total. The number of sulfonamides is 1. The minimum atomic E-state index is -4.41. The van der Waals surface area contributed by atoms with E-state index in [0.717, 1.165) is 9.87 Å². The SMILES string of the molecule is C=CCNCc1ccc(OC)c(C2(N3CCC[C@H]3c3ncco3)C(=O)N(S(=O)(=O)c3ccc(OC)cc3)c3ccc(Cl)cc32)c1. The summed E-state index contributed by atoms with van der Waals surface area (Å²) in [6.45, 7) is 5.28. The molecule has 0 bridgehead atoms. The number of nitrogens with one attached hydrogen (secondary N) is 1. The van der Waals surface area contributed by atoms with Gasteiger partial charge in [0.05, 0.1) is 37.0 Å². The van der Waals surface area contributed by atoms with Gasteiger partial charge in [-0.3, -0.25) is 9.69 Å². The molecule has 0 spiro atoms. The Labute approximate surface area is 267 Å². The van der Waals surface area contributed by atoms with Crippen LogP contribution in [0.3, 0.4) is 0 Å². The summed E-state index contributed by atoms with van der Waals surface area (Å²) in [5.41, 5.74) is 0.310. The summed E-state index contributed by atoms with van der Waals surface area (Å²) >= 11 is 6.64. The Morgan fingerprint density at radius 1 is 1.11 bits per heavy atom. The molecule has 3 heterocycles. The number of ether oxygens (including phenoxy) is 2. The number of halogens is 1. The molecule has 1 saturated heterocycles. The Morgan fingerprint density at radius 2 is 1.91 bits per heavy atom. The van der Waals surface area contributed by atoms with Gasteiger partial charge in [0, 0.05) is 35.8 Å². The van der Waals surface area contributed by atoms with Crippen molar-refractivity contribution in [2.45, 2.75) is 35.9 Å². The van der Waals surface area contributed by atoms with E-state index in [-0.39, 0.29) is 10.6 Å². The van der Waals surface area contributed by atoms with Crippen molar-refractivity contribution in [3.63, 3.8) is 0 Å². The van der Waals surface area contributed by atoms with Crippen molar-refractivity contribution in [1.82, 2.24) is 15.2 Å². The highest BCUT2D eigenvalue weighted by atomic mass is 35.5. The van der Waals surface area contributed by atoms with Gasteiger partial charge in [0.25, 0.3) is 15.9 Å². The van der Waals surface area contributed by atoms with Crippen LogP contribution in [-0.4, -0.2) is 51.5 Å².